The van der Waals surface area contributed by atoms with Crippen molar-refractivity contribution in [3.05, 3.63) is 52.0 Å². The Morgan fingerprint density at radius 2 is 2.30 bits per heavy atom. The summed E-state index contributed by atoms with van der Waals surface area (Å²) in [5.74, 6) is 0.219. The summed E-state index contributed by atoms with van der Waals surface area (Å²) < 4.78 is 0. The van der Waals surface area contributed by atoms with Crippen LogP contribution in [0.1, 0.15) is 35.0 Å². The molecular formula is C16H18N2OS. The molecule has 1 aromatic heterocycles. The Balaban J connectivity index is 1.75. The van der Waals surface area contributed by atoms with Gasteiger partial charge in [-0.25, -0.2) is 4.98 Å². The number of thiazole rings is 1. The number of nitrogens with zero attached hydrogens (tertiary/aromatic N) is 2. The second-order valence-corrected chi connectivity index (χ2v) is 6.14. The summed E-state index contributed by atoms with van der Waals surface area (Å²) in [7, 11) is 0. The Hall–Kier alpha value is -1.68. The SMILES string of the molecule is Cc1ccccc1CC(=O)N1CCCC1c1nccs1. The van der Waals surface area contributed by atoms with Gasteiger partial charge in [-0.15, -0.1) is 11.3 Å². The van der Waals surface area contributed by atoms with Crippen LogP contribution in [-0.4, -0.2) is 22.3 Å². The summed E-state index contributed by atoms with van der Waals surface area (Å²) in [5.41, 5.74) is 2.31. The second-order valence-electron chi connectivity index (χ2n) is 5.22. The van der Waals surface area contributed by atoms with Gasteiger partial charge in [-0.1, -0.05) is 24.3 Å². The lowest BCUT2D eigenvalue weighted by Crippen LogP contribution is -2.31. The van der Waals surface area contributed by atoms with Crippen molar-refractivity contribution in [2.75, 3.05) is 6.54 Å². The largest absolute Gasteiger partial charge is 0.333 e. The van der Waals surface area contributed by atoms with Crippen molar-refractivity contribution in [3.8, 4) is 0 Å². The van der Waals surface area contributed by atoms with E-state index in [1.807, 2.05) is 34.7 Å². The highest BCUT2D eigenvalue weighted by Crippen LogP contribution is 2.33. The molecule has 0 saturated carbocycles. The molecule has 0 bridgehead atoms. The Labute approximate surface area is 123 Å². The highest BCUT2D eigenvalue weighted by atomic mass is 32.1. The Bertz CT molecular complexity index is 594. The molecule has 1 atom stereocenters. The average Bonchev–Trinajstić information content (AvgIpc) is 3.11. The quantitative estimate of drug-likeness (QED) is 0.867. The number of aromatic nitrogens is 1. The first kappa shape index (κ1) is 13.3. The maximum absolute atomic E-state index is 12.6. The van der Waals surface area contributed by atoms with Gasteiger partial charge in [0.05, 0.1) is 12.5 Å². The molecule has 3 nitrogen and oxygen atoms in total. The molecule has 1 aliphatic heterocycles. The Morgan fingerprint density at radius 3 is 3.05 bits per heavy atom. The standard InChI is InChI=1S/C16H18N2OS/c1-12-5-2-3-6-13(12)11-15(19)18-9-4-7-14(18)16-17-8-10-20-16/h2-3,5-6,8,10,14H,4,7,9,11H2,1H3. The average molecular weight is 286 g/mol. The number of carbonyl (C=O) groups excluding carboxylic acids is 1. The third kappa shape index (κ3) is 2.61. The van der Waals surface area contributed by atoms with Crippen molar-refractivity contribution >= 4 is 17.2 Å². The van der Waals surface area contributed by atoms with Crippen LogP contribution in [0.3, 0.4) is 0 Å². The van der Waals surface area contributed by atoms with Crippen LogP contribution < -0.4 is 0 Å². The lowest BCUT2D eigenvalue weighted by atomic mass is 10.1. The highest BCUT2D eigenvalue weighted by molar-refractivity contribution is 7.09. The van der Waals surface area contributed by atoms with E-state index in [1.165, 1.54) is 5.56 Å². The molecule has 3 rings (SSSR count). The topological polar surface area (TPSA) is 33.2 Å². The molecule has 4 heteroatoms. The number of amides is 1. The molecule has 1 fully saturated rings. The molecule has 0 N–H and O–H groups in total. The van der Waals surface area contributed by atoms with Gasteiger partial charge in [0.1, 0.15) is 5.01 Å². The number of aryl methyl sites for hydroxylation is 1. The van der Waals surface area contributed by atoms with E-state index >= 15 is 0 Å². The molecule has 0 aliphatic carbocycles. The van der Waals surface area contributed by atoms with E-state index in [0.29, 0.717) is 6.42 Å². The lowest BCUT2D eigenvalue weighted by molar-refractivity contribution is -0.131. The zero-order chi connectivity index (χ0) is 13.9. The normalized spacial score (nSPS) is 18.4. The van der Waals surface area contributed by atoms with Gasteiger partial charge < -0.3 is 4.90 Å². The van der Waals surface area contributed by atoms with E-state index in [2.05, 4.69) is 18.0 Å². The third-order valence-electron chi connectivity index (χ3n) is 3.91. The van der Waals surface area contributed by atoms with Gasteiger partial charge in [0, 0.05) is 18.1 Å². The van der Waals surface area contributed by atoms with Crippen molar-refractivity contribution in [3.63, 3.8) is 0 Å². The van der Waals surface area contributed by atoms with Gasteiger partial charge in [-0.3, -0.25) is 4.79 Å². The first-order valence-corrected chi connectivity index (χ1v) is 7.87. The number of rotatable bonds is 3. The minimum absolute atomic E-state index is 0.187. The van der Waals surface area contributed by atoms with E-state index in [0.717, 1.165) is 30.0 Å². The van der Waals surface area contributed by atoms with E-state index in [4.69, 9.17) is 0 Å². The van der Waals surface area contributed by atoms with Crippen LogP contribution in [0.15, 0.2) is 35.8 Å². The molecule has 0 spiro atoms. The first-order chi connectivity index (χ1) is 9.75. The Morgan fingerprint density at radius 1 is 1.45 bits per heavy atom. The fourth-order valence-electron chi connectivity index (χ4n) is 2.79. The summed E-state index contributed by atoms with van der Waals surface area (Å²) in [6.07, 6.45) is 4.42. The predicted molar refractivity (Wildman–Crippen MR) is 80.7 cm³/mol. The molecule has 1 aliphatic rings. The van der Waals surface area contributed by atoms with E-state index in [1.54, 1.807) is 11.3 Å². The summed E-state index contributed by atoms with van der Waals surface area (Å²) >= 11 is 1.65. The fraction of sp³-hybridized carbons (Fsp3) is 0.375. The highest BCUT2D eigenvalue weighted by Gasteiger charge is 2.31. The summed E-state index contributed by atoms with van der Waals surface area (Å²) in [6.45, 7) is 2.92. The first-order valence-electron chi connectivity index (χ1n) is 6.99. The van der Waals surface area contributed by atoms with E-state index in [9.17, 15) is 4.79 Å². The van der Waals surface area contributed by atoms with Crippen molar-refractivity contribution in [2.45, 2.75) is 32.2 Å². The minimum Gasteiger partial charge on any atom is -0.333 e. The van der Waals surface area contributed by atoms with Gasteiger partial charge in [0.25, 0.3) is 0 Å². The van der Waals surface area contributed by atoms with Crippen LogP contribution in [0, 0.1) is 6.92 Å². The number of carbonyl (C=O) groups is 1. The van der Waals surface area contributed by atoms with Gasteiger partial charge in [-0.05, 0) is 30.9 Å². The van der Waals surface area contributed by atoms with E-state index in [-0.39, 0.29) is 11.9 Å². The van der Waals surface area contributed by atoms with Gasteiger partial charge in [-0.2, -0.15) is 0 Å². The van der Waals surface area contributed by atoms with Crippen LogP contribution in [-0.2, 0) is 11.2 Å². The number of benzene rings is 1. The lowest BCUT2D eigenvalue weighted by Gasteiger charge is -2.23. The number of likely N-dealkylation sites (tertiary alicyclic amines) is 1. The smallest absolute Gasteiger partial charge is 0.227 e. The third-order valence-corrected chi connectivity index (χ3v) is 4.79. The summed E-state index contributed by atoms with van der Waals surface area (Å²) in [6, 6.07) is 8.30. The molecule has 1 unspecified atom stereocenters. The van der Waals surface area contributed by atoms with Crippen molar-refractivity contribution in [1.82, 2.24) is 9.88 Å². The van der Waals surface area contributed by atoms with Crippen molar-refractivity contribution in [1.29, 1.82) is 0 Å². The second kappa shape index (κ2) is 5.75. The minimum atomic E-state index is 0.187. The van der Waals surface area contributed by atoms with Crippen LogP contribution in [0.4, 0.5) is 0 Å². The predicted octanol–water partition coefficient (Wildman–Crippen LogP) is 3.36. The molecule has 1 saturated heterocycles. The zero-order valence-corrected chi connectivity index (χ0v) is 12.4. The Kier molecular flexibility index (Phi) is 3.83. The van der Waals surface area contributed by atoms with Crippen molar-refractivity contribution in [2.24, 2.45) is 0 Å². The summed E-state index contributed by atoms with van der Waals surface area (Å²) in [5, 5.41) is 3.05. The van der Waals surface area contributed by atoms with Crippen molar-refractivity contribution < 1.29 is 4.79 Å². The van der Waals surface area contributed by atoms with Crippen LogP contribution in [0.2, 0.25) is 0 Å². The van der Waals surface area contributed by atoms with E-state index < -0.39 is 0 Å². The monoisotopic (exact) mass is 286 g/mol. The molecule has 0 radical (unpaired) electrons. The molecule has 104 valence electrons. The van der Waals surface area contributed by atoms with Crippen LogP contribution in [0.25, 0.3) is 0 Å². The van der Waals surface area contributed by atoms with Crippen LogP contribution >= 0.6 is 11.3 Å². The molecule has 1 aromatic carbocycles. The molecule has 20 heavy (non-hydrogen) atoms. The fourth-order valence-corrected chi connectivity index (χ4v) is 3.58. The van der Waals surface area contributed by atoms with Gasteiger partial charge in [0.15, 0.2) is 0 Å². The summed E-state index contributed by atoms with van der Waals surface area (Å²) in [4.78, 5) is 19.0. The molecule has 1 amide bonds. The molecular weight excluding hydrogens is 268 g/mol. The maximum Gasteiger partial charge on any atom is 0.227 e. The number of hydrogen-bond acceptors (Lipinski definition) is 3. The van der Waals surface area contributed by atoms with Gasteiger partial charge >= 0.3 is 0 Å². The van der Waals surface area contributed by atoms with Gasteiger partial charge in [0.2, 0.25) is 5.91 Å². The maximum atomic E-state index is 12.6. The zero-order valence-electron chi connectivity index (χ0n) is 11.6. The molecule has 2 heterocycles. The number of hydrogen-bond donors (Lipinski definition) is 0. The molecule has 2 aromatic rings. The van der Waals surface area contributed by atoms with Crippen LogP contribution in [0.5, 0.6) is 0 Å².